The van der Waals surface area contributed by atoms with Gasteiger partial charge in [0.25, 0.3) is 0 Å². The van der Waals surface area contributed by atoms with Crippen molar-refractivity contribution in [3.8, 4) is 5.75 Å². The SMILES string of the molecule is COc1ccc(Cl)cc1NC(=O)NCc1cnc(C)cn1. The predicted octanol–water partition coefficient (Wildman–Crippen LogP) is 2.77. The van der Waals surface area contributed by atoms with Crippen LogP contribution in [-0.4, -0.2) is 23.1 Å². The van der Waals surface area contributed by atoms with Gasteiger partial charge in [0.05, 0.1) is 36.9 Å². The number of nitrogens with zero attached hydrogens (tertiary/aromatic N) is 2. The Bertz CT molecular complexity index is 631. The van der Waals surface area contributed by atoms with E-state index >= 15 is 0 Å². The van der Waals surface area contributed by atoms with Gasteiger partial charge >= 0.3 is 6.03 Å². The van der Waals surface area contributed by atoms with Crippen LogP contribution in [0.15, 0.2) is 30.6 Å². The first-order valence-corrected chi connectivity index (χ1v) is 6.62. The zero-order valence-corrected chi connectivity index (χ0v) is 12.4. The summed E-state index contributed by atoms with van der Waals surface area (Å²) in [5.41, 5.74) is 2.00. The van der Waals surface area contributed by atoms with Crippen molar-refractivity contribution in [1.82, 2.24) is 15.3 Å². The average Bonchev–Trinajstić information content (AvgIpc) is 2.47. The van der Waals surface area contributed by atoms with Crippen molar-refractivity contribution in [1.29, 1.82) is 0 Å². The second-order valence-corrected chi connectivity index (χ2v) is 4.74. The van der Waals surface area contributed by atoms with Crippen LogP contribution in [0.25, 0.3) is 0 Å². The lowest BCUT2D eigenvalue weighted by Gasteiger charge is -2.11. The molecule has 0 saturated carbocycles. The Morgan fingerprint density at radius 2 is 2.14 bits per heavy atom. The summed E-state index contributed by atoms with van der Waals surface area (Å²) >= 11 is 5.90. The van der Waals surface area contributed by atoms with Crippen molar-refractivity contribution in [2.24, 2.45) is 0 Å². The first kappa shape index (κ1) is 15.1. The summed E-state index contributed by atoms with van der Waals surface area (Å²) in [4.78, 5) is 20.1. The highest BCUT2D eigenvalue weighted by molar-refractivity contribution is 6.31. The van der Waals surface area contributed by atoms with E-state index in [4.69, 9.17) is 16.3 Å². The Morgan fingerprint density at radius 3 is 2.81 bits per heavy atom. The van der Waals surface area contributed by atoms with Crippen LogP contribution in [0.2, 0.25) is 5.02 Å². The predicted molar refractivity (Wildman–Crippen MR) is 80.6 cm³/mol. The molecule has 0 saturated heterocycles. The van der Waals surface area contributed by atoms with E-state index < -0.39 is 0 Å². The standard InChI is InChI=1S/C14H15ClN4O2/c1-9-6-17-11(7-16-9)8-18-14(20)19-12-5-10(15)3-4-13(12)21-2/h3-7H,8H2,1-2H3,(H2,18,19,20). The number of nitrogens with one attached hydrogen (secondary N) is 2. The topological polar surface area (TPSA) is 76.1 Å². The van der Waals surface area contributed by atoms with Crippen LogP contribution in [0, 0.1) is 6.92 Å². The smallest absolute Gasteiger partial charge is 0.319 e. The Hall–Kier alpha value is -2.34. The first-order chi connectivity index (χ1) is 10.1. The van der Waals surface area contributed by atoms with Gasteiger partial charge in [0.15, 0.2) is 0 Å². The van der Waals surface area contributed by atoms with E-state index in [1.54, 1.807) is 30.6 Å². The summed E-state index contributed by atoms with van der Waals surface area (Å²) in [5, 5.41) is 5.87. The van der Waals surface area contributed by atoms with E-state index in [2.05, 4.69) is 20.6 Å². The Morgan fingerprint density at radius 1 is 1.33 bits per heavy atom. The fraction of sp³-hybridized carbons (Fsp3) is 0.214. The normalized spacial score (nSPS) is 10.0. The lowest BCUT2D eigenvalue weighted by atomic mass is 10.3. The summed E-state index contributed by atoms with van der Waals surface area (Å²) in [6.45, 7) is 2.13. The van der Waals surface area contributed by atoms with E-state index in [0.29, 0.717) is 22.2 Å². The molecule has 0 spiro atoms. The molecule has 110 valence electrons. The van der Waals surface area contributed by atoms with Crippen LogP contribution in [0.4, 0.5) is 10.5 Å². The Balaban J connectivity index is 1.95. The van der Waals surface area contributed by atoms with Gasteiger partial charge in [0, 0.05) is 11.2 Å². The molecule has 0 aliphatic heterocycles. The first-order valence-electron chi connectivity index (χ1n) is 6.24. The summed E-state index contributed by atoms with van der Waals surface area (Å²) in [7, 11) is 1.52. The van der Waals surface area contributed by atoms with Gasteiger partial charge in [-0.2, -0.15) is 0 Å². The van der Waals surface area contributed by atoms with E-state index in [1.165, 1.54) is 7.11 Å². The van der Waals surface area contributed by atoms with E-state index in [0.717, 1.165) is 5.69 Å². The number of methoxy groups -OCH3 is 1. The Labute approximate surface area is 127 Å². The van der Waals surface area contributed by atoms with E-state index in [1.807, 2.05) is 6.92 Å². The van der Waals surface area contributed by atoms with Crippen molar-refractivity contribution in [2.45, 2.75) is 13.5 Å². The second kappa shape index (κ2) is 6.90. The number of hydrogen-bond acceptors (Lipinski definition) is 4. The minimum atomic E-state index is -0.377. The minimum absolute atomic E-state index is 0.280. The summed E-state index contributed by atoms with van der Waals surface area (Å²) < 4.78 is 5.15. The lowest BCUT2D eigenvalue weighted by molar-refractivity contribution is 0.251. The molecule has 0 aliphatic carbocycles. The number of urea groups is 1. The van der Waals surface area contributed by atoms with Gasteiger partial charge < -0.3 is 15.4 Å². The zero-order chi connectivity index (χ0) is 15.2. The number of carbonyl (C=O) groups is 1. The number of benzene rings is 1. The maximum atomic E-state index is 11.9. The molecule has 0 fully saturated rings. The fourth-order valence-electron chi connectivity index (χ4n) is 1.63. The number of aromatic nitrogens is 2. The number of amides is 2. The number of rotatable bonds is 4. The molecule has 0 bridgehead atoms. The highest BCUT2D eigenvalue weighted by Crippen LogP contribution is 2.27. The molecule has 1 aromatic carbocycles. The molecule has 2 aromatic rings. The van der Waals surface area contributed by atoms with Gasteiger partial charge in [0.1, 0.15) is 5.75 Å². The van der Waals surface area contributed by atoms with Crippen LogP contribution in [0.3, 0.4) is 0 Å². The van der Waals surface area contributed by atoms with Crippen LogP contribution in [0.1, 0.15) is 11.4 Å². The molecule has 2 amide bonds. The van der Waals surface area contributed by atoms with E-state index in [-0.39, 0.29) is 12.6 Å². The minimum Gasteiger partial charge on any atom is -0.495 e. The average molecular weight is 307 g/mol. The number of ether oxygens (including phenoxy) is 1. The van der Waals surface area contributed by atoms with Crippen molar-refractivity contribution >= 4 is 23.3 Å². The molecule has 2 rings (SSSR count). The van der Waals surface area contributed by atoms with E-state index in [9.17, 15) is 4.79 Å². The molecule has 1 aromatic heterocycles. The third-order valence-electron chi connectivity index (χ3n) is 2.67. The van der Waals surface area contributed by atoms with Crippen LogP contribution in [-0.2, 0) is 6.54 Å². The Kier molecular flexibility index (Phi) is 4.94. The number of anilines is 1. The second-order valence-electron chi connectivity index (χ2n) is 4.30. The van der Waals surface area contributed by atoms with Crippen molar-refractivity contribution in [2.75, 3.05) is 12.4 Å². The molecule has 0 atom stereocenters. The molecule has 7 heteroatoms. The molecule has 2 N–H and O–H groups in total. The fourth-order valence-corrected chi connectivity index (χ4v) is 1.80. The summed E-state index contributed by atoms with van der Waals surface area (Å²) in [6, 6.07) is 4.61. The van der Waals surface area contributed by atoms with Crippen molar-refractivity contribution in [3.05, 3.63) is 47.0 Å². The molecular weight excluding hydrogens is 292 g/mol. The number of carbonyl (C=O) groups excluding carboxylic acids is 1. The maximum absolute atomic E-state index is 11.9. The van der Waals surface area contributed by atoms with Crippen molar-refractivity contribution < 1.29 is 9.53 Å². The molecule has 0 unspecified atom stereocenters. The quantitative estimate of drug-likeness (QED) is 0.910. The molecule has 6 nitrogen and oxygen atoms in total. The lowest BCUT2D eigenvalue weighted by Crippen LogP contribution is -2.28. The largest absolute Gasteiger partial charge is 0.495 e. The van der Waals surface area contributed by atoms with Gasteiger partial charge in [-0.1, -0.05) is 11.6 Å². The van der Waals surface area contributed by atoms with Crippen LogP contribution in [0.5, 0.6) is 5.75 Å². The van der Waals surface area contributed by atoms with Gasteiger partial charge in [-0.15, -0.1) is 0 Å². The molecule has 21 heavy (non-hydrogen) atoms. The van der Waals surface area contributed by atoms with Gasteiger partial charge in [-0.05, 0) is 25.1 Å². The summed E-state index contributed by atoms with van der Waals surface area (Å²) in [6.07, 6.45) is 3.27. The van der Waals surface area contributed by atoms with Crippen LogP contribution >= 0.6 is 11.6 Å². The highest BCUT2D eigenvalue weighted by atomic mass is 35.5. The number of aryl methyl sites for hydroxylation is 1. The summed E-state index contributed by atoms with van der Waals surface area (Å²) in [5.74, 6) is 0.532. The number of halogens is 1. The van der Waals surface area contributed by atoms with Crippen molar-refractivity contribution in [3.63, 3.8) is 0 Å². The third kappa shape index (κ3) is 4.32. The van der Waals surface area contributed by atoms with Crippen LogP contribution < -0.4 is 15.4 Å². The molecular formula is C14H15ClN4O2. The van der Waals surface area contributed by atoms with Gasteiger partial charge in [0.2, 0.25) is 0 Å². The monoisotopic (exact) mass is 306 g/mol. The third-order valence-corrected chi connectivity index (χ3v) is 2.91. The number of hydrogen-bond donors (Lipinski definition) is 2. The highest BCUT2D eigenvalue weighted by Gasteiger charge is 2.08. The van der Waals surface area contributed by atoms with Gasteiger partial charge in [-0.25, -0.2) is 4.79 Å². The molecule has 0 aliphatic rings. The zero-order valence-electron chi connectivity index (χ0n) is 11.7. The van der Waals surface area contributed by atoms with Gasteiger partial charge in [-0.3, -0.25) is 9.97 Å². The maximum Gasteiger partial charge on any atom is 0.319 e. The molecule has 1 heterocycles. The molecule has 0 radical (unpaired) electrons.